The van der Waals surface area contributed by atoms with Gasteiger partial charge < -0.3 is 5.32 Å². The Morgan fingerprint density at radius 1 is 1.00 bits per heavy atom. The highest BCUT2D eigenvalue weighted by Crippen LogP contribution is 2.20. The van der Waals surface area contributed by atoms with E-state index < -0.39 is 10.0 Å². The first kappa shape index (κ1) is 20.8. The molecule has 150 valence electrons. The second-order valence-electron chi connectivity index (χ2n) is 6.73. The standard InChI is InChI=1S/C20H24ClN3O3S/c1-2-16-3-7-18(8-4-16)22-20(25)15-23-11-13-24(14-12-23)28(26,27)19-9-5-17(21)6-10-19/h3-10H,2,11-15H2,1H3,(H,22,25). The minimum Gasteiger partial charge on any atom is -0.325 e. The maximum atomic E-state index is 12.7. The molecule has 0 atom stereocenters. The van der Waals surface area contributed by atoms with Gasteiger partial charge in [0, 0.05) is 36.9 Å². The van der Waals surface area contributed by atoms with Gasteiger partial charge in [0.2, 0.25) is 15.9 Å². The maximum absolute atomic E-state index is 12.7. The molecule has 3 rings (SSSR count). The third-order valence-electron chi connectivity index (χ3n) is 4.80. The minimum absolute atomic E-state index is 0.0988. The van der Waals surface area contributed by atoms with Gasteiger partial charge in [0.05, 0.1) is 11.4 Å². The van der Waals surface area contributed by atoms with Crippen LogP contribution in [0.25, 0.3) is 0 Å². The van der Waals surface area contributed by atoms with Crippen molar-refractivity contribution in [1.82, 2.24) is 9.21 Å². The molecule has 1 heterocycles. The van der Waals surface area contributed by atoms with Gasteiger partial charge in [0.15, 0.2) is 0 Å². The van der Waals surface area contributed by atoms with E-state index in [0.29, 0.717) is 31.2 Å². The van der Waals surface area contributed by atoms with Gasteiger partial charge in [0.1, 0.15) is 0 Å². The zero-order chi connectivity index (χ0) is 20.1. The van der Waals surface area contributed by atoms with E-state index in [-0.39, 0.29) is 17.3 Å². The van der Waals surface area contributed by atoms with Crippen molar-refractivity contribution < 1.29 is 13.2 Å². The SMILES string of the molecule is CCc1ccc(NC(=O)CN2CCN(S(=O)(=O)c3ccc(Cl)cc3)CC2)cc1. The maximum Gasteiger partial charge on any atom is 0.243 e. The predicted molar refractivity (Wildman–Crippen MR) is 111 cm³/mol. The molecule has 0 aliphatic carbocycles. The first-order valence-electron chi connectivity index (χ1n) is 9.25. The van der Waals surface area contributed by atoms with Crippen molar-refractivity contribution in [2.24, 2.45) is 0 Å². The number of nitrogens with zero attached hydrogens (tertiary/aromatic N) is 2. The van der Waals surface area contributed by atoms with Crippen molar-refractivity contribution >= 4 is 33.2 Å². The van der Waals surface area contributed by atoms with Crippen molar-refractivity contribution in [3.63, 3.8) is 0 Å². The Morgan fingerprint density at radius 2 is 1.61 bits per heavy atom. The second-order valence-corrected chi connectivity index (χ2v) is 9.11. The van der Waals surface area contributed by atoms with Gasteiger partial charge in [-0.1, -0.05) is 30.7 Å². The van der Waals surface area contributed by atoms with Crippen molar-refractivity contribution in [1.29, 1.82) is 0 Å². The molecule has 1 N–H and O–H groups in total. The van der Waals surface area contributed by atoms with Crippen molar-refractivity contribution in [2.75, 3.05) is 38.0 Å². The number of aryl methyl sites for hydroxylation is 1. The van der Waals surface area contributed by atoms with Gasteiger partial charge >= 0.3 is 0 Å². The van der Waals surface area contributed by atoms with Crippen LogP contribution in [-0.4, -0.2) is 56.3 Å². The van der Waals surface area contributed by atoms with Crippen LogP contribution in [0, 0.1) is 0 Å². The molecule has 0 saturated carbocycles. The van der Waals surface area contributed by atoms with Crippen LogP contribution in [0.2, 0.25) is 5.02 Å². The summed E-state index contributed by atoms with van der Waals surface area (Å²) in [4.78, 5) is 14.5. The number of carbonyl (C=O) groups is 1. The van der Waals surface area contributed by atoms with Crippen molar-refractivity contribution in [2.45, 2.75) is 18.2 Å². The summed E-state index contributed by atoms with van der Waals surface area (Å²) in [6.45, 7) is 4.04. The highest BCUT2D eigenvalue weighted by molar-refractivity contribution is 7.89. The zero-order valence-electron chi connectivity index (χ0n) is 15.8. The van der Waals surface area contributed by atoms with E-state index >= 15 is 0 Å². The quantitative estimate of drug-likeness (QED) is 0.778. The van der Waals surface area contributed by atoms with E-state index in [1.165, 1.54) is 22.0 Å². The van der Waals surface area contributed by atoms with Crippen LogP contribution < -0.4 is 5.32 Å². The van der Waals surface area contributed by atoms with Crippen LogP contribution in [0.15, 0.2) is 53.4 Å². The molecular formula is C20H24ClN3O3S. The lowest BCUT2D eigenvalue weighted by atomic mass is 10.1. The van der Waals surface area contributed by atoms with Gasteiger partial charge in [-0.25, -0.2) is 8.42 Å². The number of halogens is 1. The first-order valence-corrected chi connectivity index (χ1v) is 11.1. The molecule has 0 radical (unpaired) electrons. The lowest BCUT2D eigenvalue weighted by Crippen LogP contribution is -2.50. The molecule has 0 bridgehead atoms. The number of anilines is 1. The molecule has 0 spiro atoms. The Kier molecular flexibility index (Phi) is 6.72. The summed E-state index contributed by atoms with van der Waals surface area (Å²) < 4.78 is 26.9. The highest BCUT2D eigenvalue weighted by atomic mass is 35.5. The number of hydrogen-bond acceptors (Lipinski definition) is 4. The zero-order valence-corrected chi connectivity index (χ0v) is 17.3. The number of sulfonamides is 1. The van der Waals surface area contributed by atoms with Gasteiger partial charge in [-0.05, 0) is 48.4 Å². The van der Waals surface area contributed by atoms with E-state index in [1.54, 1.807) is 12.1 Å². The molecule has 1 aliphatic rings. The van der Waals surface area contributed by atoms with E-state index in [2.05, 4.69) is 12.2 Å². The van der Waals surface area contributed by atoms with E-state index in [1.807, 2.05) is 29.2 Å². The fraction of sp³-hybridized carbons (Fsp3) is 0.350. The van der Waals surface area contributed by atoms with Gasteiger partial charge in [-0.2, -0.15) is 4.31 Å². The van der Waals surface area contributed by atoms with E-state index in [4.69, 9.17) is 11.6 Å². The summed E-state index contributed by atoms with van der Waals surface area (Å²) in [6, 6.07) is 14.0. The molecule has 2 aromatic carbocycles. The Bertz CT molecular complexity index is 907. The monoisotopic (exact) mass is 421 g/mol. The summed E-state index contributed by atoms with van der Waals surface area (Å²) in [5, 5.41) is 3.39. The van der Waals surface area contributed by atoms with Crippen LogP contribution in [0.5, 0.6) is 0 Å². The molecule has 1 saturated heterocycles. The summed E-state index contributed by atoms with van der Waals surface area (Å²) in [5.74, 6) is -0.0988. The number of piperazine rings is 1. The minimum atomic E-state index is -3.54. The summed E-state index contributed by atoms with van der Waals surface area (Å²) in [6.07, 6.45) is 0.956. The largest absolute Gasteiger partial charge is 0.325 e. The molecule has 1 amide bonds. The number of benzene rings is 2. The normalized spacial score (nSPS) is 16.1. The third-order valence-corrected chi connectivity index (χ3v) is 6.96. The van der Waals surface area contributed by atoms with Crippen LogP contribution >= 0.6 is 11.6 Å². The van der Waals surface area contributed by atoms with Crippen molar-refractivity contribution in [3.05, 3.63) is 59.1 Å². The smallest absolute Gasteiger partial charge is 0.243 e. The number of nitrogens with one attached hydrogen (secondary N) is 1. The number of carbonyl (C=O) groups excluding carboxylic acids is 1. The molecule has 1 aliphatic heterocycles. The Labute approximate surface area is 171 Å². The second kappa shape index (κ2) is 9.05. The van der Waals surface area contributed by atoms with Crippen LogP contribution in [0.4, 0.5) is 5.69 Å². The van der Waals surface area contributed by atoms with Gasteiger partial charge in [-0.3, -0.25) is 9.69 Å². The van der Waals surface area contributed by atoms with Crippen LogP contribution in [0.1, 0.15) is 12.5 Å². The average Bonchev–Trinajstić information content (AvgIpc) is 2.69. The molecular weight excluding hydrogens is 398 g/mol. The Balaban J connectivity index is 1.51. The lowest BCUT2D eigenvalue weighted by Gasteiger charge is -2.33. The highest BCUT2D eigenvalue weighted by Gasteiger charge is 2.29. The molecule has 1 fully saturated rings. The molecule has 6 nitrogen and oxygen atoms in total. The topological polar surface area (TPSA) is 69.7 Å². The molecule has 28 heavy (non-hydrogen) atoms. The number of rotatable bonds is 6. The summed E-state index contributed by atoms with van der Waals surface area (Å²) in [7, 11) is -3.54. The number of amides is 1. The Morgan fingerprint density at radius 3 is 2.18 bits per heavy atom. The van der Waals surface area contributed by atoms with Crippen LogP contribution in [0.3, 0.4) is 0 Å². The van der Waals surface area contributed by atoms with Gasteiger partial charge in [-0.15, -0.1) is 0 Å². The fourth-order valence-electron chi connectivity index (χ4n) is 3.11. The third kappa shape index (κ3) is 5.11. The molecule has 0 aromatic heterocycles. The number of hydrogen-bond donors (Lipinski definition) is 1. The lowest BCUT2D eigenvalue weighted by molar-refractivity contribution is -0.117. The molecule has 2 aromatic rings. The fourth-order valence-corrected chi connectivity index (χ4v) is 4.66. The van der Waals surface area contributed by atoms with E-state index in [0.717, 1.165) is 12.1 Å². The van der Waals surface area contributed by atoms with E-state index in [9.17, 15) is 13.2 Å². The first-order chi connectivity index (χ1) is 13.4. The van der Waals surface area contributed by atoms with Crippen LogP contribution in [-0.2, 0) is 21.2 Å². The van der Waals surface area contributed by atoms with Crippen molar-refractivity contribution in [3.8, 4) is 0 Å². The summed E-state index contributed by atoms with van der Waals surface area (Å²) in [5.41, 5.74) is 1.99. The summed E-state index contributed by atoms with van der Waals surface area (Å²) >= 11 is 5.84. The van der Waals surface area contributed by atoms with Gasteiger partial charge in [0.25, 0.3) is 0 Å². The predicted octanol–water partition coefficient (Wildman–Crippen LogP) is 2.85. The average molecular weight is 422 g/mol. The molecule has 8 heteroatoms. The Hall–Kier alpha value is -1.93. The molecule has 0 unspecified atom stereocenters.